The molecule has 39 heavy (non-hydrogen) atoms. The standard InChI is InChI=1S/C30H18O9/c31-25(16-4-1-7-19(10-16)28(34)35)22-13-23(26(32)17-5-2-8-20(11-17)29(36)37)15-24(14-22)27(33)18-6-3-9-21(12-18)30(38)39/h1-15H,(H,34,35)(H,36,37)(H,38,39). The molecule has 4 aromatic carbocycles. The molecule has 192 valence electrons. The molecule has 0 aliphatic rings. The molecule has 0 unspecified atom stereocenters. The van der Waals surface area contributed by atoms with Crippen molar-refractivity contribution in [1.82, 2.24) is 0 Å². The SMILES string of the molecule is O=C(O)c1cccc(C(=O)c2cc(C(=O)c3cccc(C(=O)O)c3)cc(C(=O)c3cccc(C(=O)O)c3)c2)c1. The first-order chi connectivity index (χ1) is 18.5. The lowest BCUT2D eigenvalue weighted by Gasteiger charge is -2.10. The molecule has 0 bridgehead atoms. The predicted molar refractivity (Wildman–Crippen MR) is 137 cm³/mol. The summed E-state index contributed by atoms with van der Waals surface area (Å²) in [5, 5.41) is 27.9. The van der Waals surface area contributed by atoms with Crippen LogP contribution in [0.3, 0.4) is 0 Å². The van der Waals surface area contributed by atoms with Crippen LogP contribution < -0.4 is 0 Å². The summed E-state index contributed by atoms with van der Waals surface area (Å²) in [5.74, 6) is -5.75. The number of carbonyl (C=O) groups is 6. The van der Waals surface area contributed by atoms with Gasteiger partial charge < -0.3 is 15.3 Å². The van der Waals surface area contributed by atoms with Crippen molar-refractivity contribution in [3.05, 3.63) is 141 Å². The Kier molecular flexibility index (Phi) is 7.26. The van der Waals surface area contributed by atoms with Crippen LogP contribution in [0, 0.1) is 0 Å². The van der Waals surface area contributed by atoms with E-state index in [1.807, 2.05) is 0 Å². The molecular formula is C30H18O9. The normalized spacial score (nSPS) is 10.5. The molecule has 0 aliphatic heterocycles. The Bertz CT molecular complexity index is 1490. The van der Waals surface area contributed by atoms with Crippen molar-refractivity contribution in [2.75, 3.05) is 0 Å². The smallest absolute Gasteiger partial charge is 0.335 e. The fourth-order valence-corrected chi connectivity index (χ4v) is 3.90. The lowest BCUT2D eigenvalue weighted by Crippen LogP contribution is -2.12. The summed E-state index contributed by atoms with van der Waals surface area (Å²) in [7, 11) is 0. The number of carbonyl (C=O) groups excluding carboxylic acids is 3. The molecule has 0 aromatic heterocycles. The maximum Gasteiger partial charge on any atom is 0.335 e. The van der Waals surface area contributed by atoms with E-state index in [1.165, 1.54) is 72.8 Å². The molecular weight excluding hydrogens is 504 g/mol. The number of aromatic carboxylic acids is 3. The molecule has 0 saturated heterocycles. The van der Waals surface area contributed by atoms with Crippen LogP contribution in [0.1, 0.15) is 78.8 Å². The van der Waals surface area contributed by atoms with E-state index in [9.17, 15) is 44.1 Å². The topological polar surface area (TPSA) is 163 Å². The highest BCUT2D eigenvalue weighted by atomic mass is 16.4. The third-order valence-electron chi connectivity index (χ3n) is 5.83. The third-order valence-corrected chi connectivity index (χ3v) is 5.83. The second kappa shape index (κ2) is 10.7. The molecule has 0 aliphatic carbocycles. The number of rotatable bonds is 9. The van der Waals surface area contributed by atoms with Crippen molar-refractivity contribution < 1.29 is 44.1 Å². The molecule has 0 fully saturated rings. The molecule has 4 aromatic rings. The van der Waals surface area contributed by atoms with E-state index in [-0.39, 0.29) is 50.1 Å². The summed E-state index contributed by atoms with van der Waals surface area (Å²) in [4.78, 5) is 74.2. The van der Waals surface area contributed by atoms with Gasteiger partial charge in [0.2, 0.25) is 0 Å². The largest absolute Gasteiger partial charge is 0.478 e. The van der Waals surface area contributed by atoms with Gasteiger partial charge in [0.25, 0.3) is 0 Å². The van der Waals surface area contributed by atoms with E-state index in [0.29, 0.717) is 0 Å². The first kappa shape index (κ1) is 26.4. The van der Waals surface area contributed by atoms with Crippen molar-refractivity contribution in [1.29, 1.82) is 0 Å². The van der Waals surface area contributed by atoms with Gasteiger partial charge in [-0.1, -0.05) is 36.4 Å². The molecule has 4 rings (SSSR count). The minimum absolute atomic E-state index is 0.00125. The van der Waals surface area contributed by atoms with Crippen molar-refractivity contribution in [3.8, 4) is 0 Å². The van der Waals surface area contributed by atoms with Crippen molar-refractivity contribution in [3.63, 3.8) is 0 Å². The highest BCUT2D eigenvalue weighted by molar-refractivity contribution is 6.17. The van der Waals surface area contributed by atoms with Gasteiger partial charge in [-0.3, -0.25) is 14.4 Å². The minimum atomic E-state index is -1.25. The van der Waals surface area contributed by atoms with E-state index in [2.05, 4.69) is 0 Å². The zero-order valence-electron chi connectivity index (χ0n) is 20.0. The van der Waals surface area contributed by atoms with E-state index in [4.69, 9.17) is 0 Å². The molecule has 0 saturated carbocycles. The van der Waals surface area contributed by atoms with Crippen LogP contribution in [-0.2, 0) is 0 Å². The first-order valence-corrected chi connectivity index (χ1v) is 11.3. The monoisotopic (exact) mass is 522 g/mol. The lowest BCUT2D eigenvalue weighted by atomic mass is 9.91. The minimum Gasteiger partial charge on any atom is -0.478 e. The zero-order chi connectivity index (χ0) is 28.3. The van der Waals surface area contributed by atoms with Gasteiger partial charge in [0, 0.05) is 33.4 Å². The highest BCUT2D eigenvalue weighted by Crippen LogP contribution is 2.22. The van der Waals surface area contributed by atoms with Crippen molar-refractivity contribution >= 4 is 35.3 Å². The molecule has 0 spiro atoms. The van der Waals surface area contributed by atoms with Crippen LogP contribution >= 0.6 is 0 Å². The molecule has 0 radical (unpaired) electrons. The Labute approximate surface area is 220 Å². The Morgan fingerprint density at radius 2 is 0.538 bits per heavy atom. The third kappa shape index (κ3) is 5.67. The van der Waals surface area contributed by atoms with Gasteiger partial charge in [-0.05, 0) is 54.6 Å². The molecule has 0 heterocycles. The molecule has 0 amide bonds. The van der Waals surface area contributed by atoms with Crippen LogP contribution in [0.15, 0.2) is 91.0 Å². The number of hydrogen-bond donors (Lipinski definition) is 3. The van der Waals surface area contributed by atoms with Gasteiger partial charge in [-0.25, -0.2) is 14.4 Å². The van der Waals surface area contributed by atoms with Gasteiger partial charge >= 0.3 is 17.9 Å². The Morgan fingerprint density at radius 1 is 0.333 bits per heavy atom. The summed E-state index contributed by atoms with van der Waals surface area (Å²) in [6.07, 6.45) is 0. The fourth-order valence-electron chi connectivity index (χ4n) is 3.90. The molecule has 0 atom stereocenters. The van der Waals surface area contributed by atoms with Crippen molar-refractivity contribution in [2.45, 2.75) is 0 Å². The lowest BCUT2D eigenvalue weighted by molar-refractivity contribution is 0.0686. The summed E-state index contributed by atoms with van der Waals surface area (Å²) < 4.78 is 0. The van der Waals surface area contributed by atoms with Crippen LogP contribution in [0.2, 0.25) is 0 Å². The number of benzene rings is 4. The number of hydrogen-bond acceptors (Lipinski definition) is 6. The van der Waals surface area contributed by atoms with Crippen LogP contribution in [0.5, 0.6) is 0 Å². The quantitative estimate of drug-likeness (QED) is 0.269. The van der Waals surface area contributed by atoms with Crippen LogP contribution in [0.25, 0.3) is 0 Å². The predicted octanol–water partition coefficient (Wildman–Crippen LogP) is 4.47. The summed E-state index contributed by atoms with van der Waals surface area (Å²) in [6.45, 7) is 0. The van der Waals surface area contributed by atoms with E-state index >= 15 is 0 Å². The summed E-state index contributed by atoms with van der Waals surface area (Å²) in [6, 6.07) is 19.4. The van der Waals surface area contributed by atoms with Crippen LogP contribution in [0.4, 0.5) is 0 Å². The van der Waals surface area contributed by atoms with Gasteiger partial charge in [0.1, 0.15) is 0 Å². The maximum absolute atomic E-state index is 13.4. The molecule has 3 N–H and O–H groups in total. The van der Waals surface area contributed by atoms with Gasteiger partial charge in [-0.2, -0.15) is 0 Å². The van der Waals surface area contributed by atoms with E-state index < -0.39 is 35.3 Å². The van der Waals surface area contributed by atoms with Gasteiger partial charge in [0.05, 0.1) is 16.7 Å². The first-order valence-electron chi connectivity index (χ1n) is 11.3. The summed E-state index contributed by atoms with van der Waals surface area (Å²) >= 11 is 0. The Hall–Kier alpha value is -5.70. The maximum atomic E-state index is 13.4. The van der Waals surface area contributed by atoms with Gasteiger partial charge in [-0.15, -0.1) is 0 Å². The number of carboxylic acid groups (broad SMARTS) is 3. The summed E-state index contributed by atoms with van der Waals surface area (Å²) in [5.41, 5.74) is -0.724. The fraction of sp³-hybridized carbons (Fsp3) is 0. The van der Waals surface area contributed by atoms with E-state index in [1.54, 1.807) is 0 Å². The Morgan fingerprint density at radius 3 is 0.769 bits per heavy atom. The molecule has 9 heteroatoms. The average Bonchev–Trinajstić information content (AvgIpc) is 2.95. The highest BCUT2D eigenvalue weighted by Gasteiger charge is 2.21. The van der Waals surface area contributed by atoms with Crippen molar-refractivity contribution in [2.24, 2.45) is 0 Å². The average molecular weight is 522 g/mol. The molecule has 9 nitrogen and oxygen atoms in total. The second-order valence-corrected chi connectivity index (χ2v) is 8.44. The second-order valence-electron chi connectivity index (χ2n) is 8.44. The van der Waals surface area contributed by atoms with Crippen LogP contribution in [-0.4, -0.2) is 50.6 Å². The number of carboxylic acids is 3. The van der Waals surface area contributed by atoms with Gasteiger partial charge in [0.15, 0.2) is 17.3 Å². The number of ketones is 3. The van der Waals surface area contributed by atoms with E-state index in [0.717, 1.165) is 18.2 Å². The Balaban J connectivity index is 1.86. The zero-order valence-corrected chi connectivity index (χ0v) is 20.0.